The lowest BCUT2D eigenvalue weighted by atomic mass is 10.1. The van der Waals surface area contributed by atoms with Gasteiger partial charge in [0, 0.05) is 26.0 Å². The summed E-state index contributed by atoms with van der Waals surface area (Å²) in [5.41, 5.74) is -0.696. The average molecular weight is 286 g/mol. The van der Waals surface area contributed by atoms with Gasteiger partial charge in [0.2, 0.25) is 0 Å². The Morgan fingerprint density at radius 3 is 2.75 bits per heavy atom. The zero-order valence-electron chi connectivity index (χ0n) is 11.5. The molecule has 0 bridgehead atoms. The van der Waals surface area contributed by atoms with Crippen molar-refractivity contribution in [2.75, 3.05) is 20.8 Å². The van der Waals surface area contributed by atoms with Crippen LogP contribution in [0.3, 0.4) is 0 Å². The van der Waals surface area contributed by atoms with E-state index in [9.17, 15) is 14.7 Å². The SMILES string of the molecule is COCC1OC(n2cc(C)c(=O)[nH]c2=O)C(OC)C1O. The van der Waals surface area contributed by atoms with Crippen molar-refractivity contribution >= 4 is 0 Å². The Kier molecular flexibility index (Phi) is 4.39. The molecule has 2 N–H and O–H groups in total. The second-order valence-corrected chi connectivity index (χ2v) is 4.69. The number of methoxy groups -OCH3 is 2. The van der Waals surface area contributed by atoms with Gasteiger partial charge < -0.3 is 19.3 Å². The van der Waals surface area contributed by atoms with Crippen molar-refractivity contribution in [1.29, 1.82) is 0 Å². The molecule has 8 nitrogen and oxygen atoms in total. The summed E-state index contributed by atoms with van der Waals surface area (Å²) in [6, 6.07) is 0. The van der Waals surface area contributed by atoms with E-state index in [1.165, 1.54) is 25.0 Å². The van der Waals surface area contributed by atoms with Crippen LogP contribution in [0.25, 0.3) is 0 Å². The number of aryl methyl sites for hydroxylation is 1. The highest BCUT2D eigenvalue weighted by molar-refractivity contribution is 5.03. The lowest BCUT2D eigenvalue weighted by Gasteiger charge is -2.20. The van der Waals surface area contributed by atoms with Gasteiger partial charge in [0.15, 0.2) is 6.23 Å². The predicted molar refractivity (Wildman–Crippen MR) is 68.6 cm³/mol. The summed E-state index contributed by atoms with van der Waals surface area (Å²) in [6.45, 7) is 1.75. The van der Waals surface area contributed by atoms with E-state index in [-0.39, 0.29) is 6.61 Å². The maximum atomic E-state index is 11.9. The topological polar surface area (TPSA) is 103 Å². The van der Waals surface area contributed by atoms with Gasteiger partial charge in [0.1, 0.15) is 18.3 Å². The predicted octanol–water partition coefficient (Wildman–Crippen LogP) is -1.24. The summed E-state index contributed by atoms with van der Waals surface area (Å²) in [6.07, 6.45) is -1.69. The van der Waals surface area contributed by atoms with Crippen LogP contribution < -0.4 is 11.2 Å². The molecule has 4 atom stereocenters. The van der Waals surface area contributed by atoms with Crippen LogP contribution in [-0.4, -0.2) is 53.8 Å². The monoisotopic (exact) mass is 286 g/mol. The van der Waals surface area contributed by atoms with Crippen molar-refractivity contribution in [3.05, 3.63) is 32.6 Å². The molecule has 4 unspecified atom stereocenters. The van der Waals surface area contributed by atoms with Gasteiger partial charge in [-0.1, -0.05) is 0 Å². The first-order valence-electron chi connectivity index (χ1n) is 6.17. The van der Waals surface area contributed by atoms with Crippen LogP contribution in [0.4, 0.5) is 0 Å². The van der Waals surface area contributed by atoms with Crippen LogP contribution in [0, 0.1) is 6.92 Å². The number of aliphatic hydroxyl groups excluding tert-OH is 1. The number of nitrogens with zero attached hydrogens (tertiary/aromatic N) is 1. The standard InChI is InChI=1S/C12H18N2O6/c1-6-4-14(12(17)13-10(6)16)11-9(19-3)8(15)7(20-11)5-18-2/h4,7-9,11,15H,5H2,1-3H3,(H,13,16,17). The number of nitrogens with one attached hydrogen (secondary N) is 1. The lowest BCUT2D eigenvalue weighted by molar-refractivity contribution is -0.0670. The number of hydrogen-bond donors (Lipinski definition) is 2. The van der Waals surface area contributed by atoms with Gasteiger partial charge in [0.05, 0.1) is 6.61 Å². The first-order chi connectivity index (χ1) is 9.49. The number of ether oxygens (including phenoxy) is 3. The minimum absolute atomic E-state index is 0.175. The molecular weight excluding hydrogens is 268 g/mol. The quantitative estimate of drug-likeness (QED) is 0.718. The van der Waals surface area contributed by atoms with Gasteiger partial charge in [0.25, 0.3) is 5.56 Å². The van der Waals surface area contributed by atoms with Crippen LogP contribution in [0.1, 0.15) is 11.8 Å². The molecule has 2 heterocycles. The highest BCUT2D eigenvalue weighted by atomic mass is 16.6. The van der Waals surface area contributed by atoms with E-state index in [0.29, 0.717) is 5.56 Å². The summed E-state index contributed by atoms with van der Waals surface area (Å²) in [5, 5.41) is 10.1. The third-order valence-corrected chi connectivity index (χ3v) is 3.34. The third-order valence-electron chi connectivity index (χ3n) is 3.34. The van der Waals surface area contributed by atoms with E-state index in [4.69, 9.17) is 14.2 Å². The van der Waals surface area contributed by atoms with Gasteiger partial charge in [-0.15, -0.1) is 0 Å². The fourth-order valence-corrected chi connectivity index (χ4v) is 2.27. The minimum atomic E-state index is -0.927. The van der Waals surface area contributed by atoms with E-state index in [1.54, 1.807) is 6.92 Å². The second kappa shape index (κ2) is 5.88. The first kappa shape index (κ1) is 14.9. The number of aliphatic hydroxyl groups is 1. The van der Waals surface area contributed by atoms with Crippen molar-refractivity contribution < 1.29 is 19.3 Å². The maximum absolute atomic E-state index is 11.9. The Labute approximate surface area is 114 Å². The summed E-state index contributed by atoms with van der Waals surface area (Å²) < 4.78 is 17.0. The highest BCUT2D eigenvalue weighted by Crippen LogP contribution is 2.30. The van der Waals surface area contributed by atoms with Crippen molar-refractivity contribution in [2.24, 2.45) is 0 Å². The molecule has 0 saturated carbocycles. The second-order valence-electron chi connectivity index (χ2n) is 4.69. The molecule has 1 aliphatic heterocycles. The minimum Gasteiger partial charge on any atom is -0.387 e. The van der Waals surface area contributed by atoms with E-state index in [0.717, 1.165) is 0 Å². The van der Waals surface area contributed by atoms with Gasteiger partial charge in [-0.05, 0) is 6.92 Å². The maximum Gasteiger partial charge on any atom is 0.330 e. The molecule has 20 heavy (non-hydrogen) atoms. The molecule has 1 fully saturated rings. The molecule has 0 radical (unpaired) electrons. The lowest BCUT2D eigenvalue weighted by Crippen LogP contribution is -2.39. The van der Waals surface area contributed by atoms with Gasteiger partial charge in [-0.2, -0.15) is 0 Å². The molecule has 0 aliphatic carbocycles. The fourth-order valence-electron chi connectivity index (χ4n) is 2.27. The van der Waals surface area contributed by atoms with Crippen molar-refractivity contribution in [2.45, 2.75) is 31.5 Å². The summed E-state index contributed by atoms with van der Waals surface area (Å²) in [4.78, 5) is 25.4. The van der Waals surface area contributed by atoms with Crippen molar-refractivity contribution in [1.82, 2.24) is 9.55 Å². The molecule has 1 aromatic heterocycles. The zero-order valence-corrected chi connectivity index (χ0v) is 11.5. The van der Waals surface area contributed by atoms with E-state index in [2.05, 4.69) is 4.98 Å². The van der Waals surface area contributed by atoms with E-state index >= 15 is 0 Å². The third kappa shape index (κ3) is 2.55. The van der Waals surface area contributed by atoms with E-state index in [1.807, 2.05) is 0 Å². The molecule has 0 aromatic carbocycles. The van der Waals surface area contributed by atoms with E-state index < -0.39 is 35.8 Å². The van der Waals surface area contributed by atoms with Crippen molar-refractivity contribution in [3.63, 3.8) is 0 Å². The molecule has 1 aromatic rings. The number of aromatic amines is 1. The van der Waals surface area contributed by atoms with Crippen LogP contribution in [0.5, 0.6) is 0 Å². The number of H-pyrrole nitrogens is 1. The van der Waals surface area contributed by atoms with Gasteiger partial charge in [-0.25, -0.2) is 4.79 Å². The smallest absolute Gasteiger partial charge is 0.330 e. The molecule has 8 heteroatoms. The summed E-state index contributed by atoms with van der Waals surface area (Å²) in [7, 11) is 2.91. The Morgan fingerprint density at radius 1 is 1.45 bits per heavy atom. The molecule has 1 aliphatic rings. The molecule has 112 valence electrons. The van der Waals surface area contributed by atoms with Crippen LogP contribution >= 0.6 is 0 Å². The molecule has 0 amide bonds. The molecule has 2 rings (SSSR count). The Bertz CT molecular complexity index is 580. The number of hydrogen-bond acceptors (Lipinski definition) is 6. The first-order valence-corrected chi connectivity index (χ1v) is 6.17. The molecule has 0 spiro atoms. The fraction of sp³-hybridized carbons (Fsp3) is 0.667. The van der Waals surface area contributed by atoms with Crippen LogP contribution in [0.2, 0.25) is 0 Å². The molecule has 1 saturated heterocycles. The summed E-state index contributed by atoms with van der Waals surface area (Å²) >= 11 is 0. The molecular formula is C12H18N2O6. The van der Waals surface area contributed by atoms with Crippen LogP contribution in [0.15, 0.2) is 15.8 Å². The Balaban J connectivity index is 2.39. The van der Waals surface area contributed by atoms with Gasteiger partial charge >= 0.3 is 5.69 Å². The Hall–Kier alpha value is -1.48. The normalized spacial score (nSPS) is 29.8. The Morgan fingerprint density at radius 2 is 2.15 bits per heavy atom. The number of aromatic nitrogens is 2. The number of rotatable bonds is 4. The van der Waals surface area contributed by atoms with Crippen LogP contribution in [-0.2, 0) is 14.2 Å². The summed E-state index contributed by atoms with van der Waals surface area (Å²) in [5.74, 6) is 0. The highest BCUT2D eigenvalue weighted by Gasteiger charge is 2.45. The zero-order chi connectivity index (χ0) is 14.9. The van der Waals surface area contributed by atoms with Gasteiger partial charge in [-0.3, -0.25) is 14.3 Å². The largest absolute Gasteiger partial charge is 0.387 e. The van der Waals surface area contributed by atoms with Crippen molar-refractivity contribution in [3.8, 4) is 0 Å². The average Bonchev–Trinajstić information content (AvgIpc) is 2.71.